The highest BCUT2D eigenvalue weighted by Crippen LogP contribution is 2.32. The summed E-state index contributed by atoms with van der Waals surface area (Å²) in [6.07, 6.45) is 4.29. The van der Waals surface area contributed by atoms with Gasteiger partial charge >= 0.3 is 0 Å². The minimum absolute atomic E-state index is 0.0133. The summed E-state index contributed by atoms with van der Waals surface area (Å²) in [5, 5.41) is 8.45. The third kappa shape index (κ3) is 2.84. The highest BCUT2D eigenvalue weighted by Gasteiger charge is 2.35. The van der Waals surface area contributed by atoms with E-state index in [0.29, 0.717) is 18.1 Å². The summed E-state index contributed by atoms with van der Waals surface area (Å²) in [7, 11) is 0. The van der Waals surface area contributed by atoms with Gasteiger partial charge in [0, 0.05) is 19.6 Å². The fraction of sp³-hybridized carbons (Fsp3) is 0.444. The monoisotopic (exact) mass is 357 g/mol. The number of aromatic nitrogens is 3. The van der Waals surface area contributed by atoms with E-state index in [0.717, 1.165) is 47.7 Å². The van der Waals surface area contributed by atoms with Crippen molar-refractivity contribution in [3.8, 4) is 0 Å². The number of rotatable bonds is 2. The summed E-state index contributed by atoms with van der Waals surface area (Å²) in [6.45, 7) is 6.71. The Morgan fingerprint density at radius 3 is 2.88 bits per heavy atom. The Hall–Kier alpha value is -2.21. The van der Waals surface area contributed by atoms with Crippen molar-refractivity contribution in [1.29, 1.82) is 0 Å². The first-order chi connectivity index (χ1) is 12.0. The van der Waals surface area contributed by atoms with Crippen molar-refractivity contribution in [2.75, 3.05) is 18.0 Å². The highest BCUT2D eigenvalue weighted by atomic mass is 35.5. The van der Waals surface area contributed by atoms with Crippen LogP contribution in [0.4, 0.5) is 5.69 Å². The molecule has 0 aromatic carbocycles. The van der Waals surface area contributed by atoms with Gasteiger partial charge in [-0.05, 0) is 37.5 Å². The van der Waals surface area contributed by atoms with Crippen molar-refractivity contribution in [2.45, 2.75) is 33.4 Å². The summed E-state index contributed by atoms with van der Waals surface area (Å²) in [4.78, 5) is 21.7. The summed E-state index contributed by atoms with van der Waals surface area (Å²) in [5.41, 5.74) is 5.01. The van der Waals surface area contributed by atoms with Crippen molar-refractivity contribution in [2.24, 2.45) is 5.92 Å². The minimum atomic E-state index is 0.0133. The van der Waals surface area contributed by atoms with Gasteiger partial charge in [-0.25, -0.2) is 0 Å². The van der Waals surface area contributed by atoms with E-state index in [9.17, 15) is 4.79 Å². The molecule has 6 nitrogen and oxygen atoms in total. The van der Waals surface area contributed by atoms with Gasteiger partial charge in [0.25, 0.3) is 0 Å². The van der Waals surface area contributed by atoms with E-state index in [2.05, 4.69) is 20.1 Å². The van der Waals surface area contributed by atoms with E-state index in [-0.39, 0.29) is 11.8 Å². The molecule has 0 saturated carbocycles. The number of aryl methyl sites for hydroxylation is 1. The van der Waals surface area contributed by atoms with Crippen LogP contribution < -0.4 is 4.90 Å². The fourth-order valence-electron chi connectivity index (χ4n) is 3.79. The average molecular weight is 358 g/mol. The largest absolute Gasteiger partial charge is 0.369 e. The Bertz CT molecular complexity index is 826. The van der Waals surface area contributed by atoms with E-state index >= 15 is 0 Å². The predicted molar refractivity (Wildman–Crippen MR) is 95.3 cm³/mol. The molecular formula is C18H20ClN5O. The van der Waals surface area contributed by atoms with Crippen molar-refractivity contribution in [3.63, 3.8) is 0 Å². The molecule has 1 fully saturated rings. The predicted octanol–water partition coefficient (Wildman–Crippen LogP) is 2.51. The third-order valence-corrected chi connectivity index (χ3v) is 5.78. The van der Waals surface area contributed by atoms with Gasteiger partial charge in [0.05, 0.1) is 47.0 Å². The normalized spacial score (nSPS) is 19.4. The maximum absolute atomic E-state index is 13.0. The molecule has 0 N–H and O–H groups in total. The summed E-state index contributed by atoms with van der Waals surface area (Å²) in [6, 6.07) is 1.93. The Morgan fingerprint density at radius 1 is 1.28 bits per heavy atom. The Kier molecular flexibility index (Phi) is 4.07. The molecule has 1 amide bonds. The second-order valence-electron chi connectivity index (χ2n) is 6.79. The van der Waals surface area contributed by atoms with Crippen LogP contribution in [-0.2, 0) is 17.9 Å². The number of halogens is 1. The lowest BCUT2D eigenvalue weighted by molar-refractivity contribution is -0.135. The van der Waals surface area contributed by atoms with Crippen LogP contribution in [-0.4, -0.2) is 39.1 Å². The second kappa shape index (κ2) is 6.26. The van der Waals surface area contributed by atoms with Crippen LogP contribution in [0.5, 0.6) is 0 Å². The molecule has 0 unspecified atom stereocenters. The van der Waals surface area contributed by atoms with Crippen LogP contribution in [0, 0.1) is 19.8 Å². The quantitative estimate of drug-likeness (QED) is 0.826. The Morgan fingerprint density at radius 2 is 2.12 bits per heavy atom. The maximum atomic E-state index is 13.0. The van der Waals surface area contributed by atoms with Crippen LogP contribution in [0.2, 0.25) is 5.02 Å². The van der Waals surface area contributed by atoms with Crippen LogP contribution in [0.15, 0.2) is 18.5 Å². The zero-order valence-electron chi connectivity index (χ0n) is 14.4. The van der Waals surface area contributed by atoms with Gasteiger partial charge in [0.15, 0.2) is 0 Å². The number of hydrogen-bond acceptors (Lipinski definition) is 5. The number of pyridine rings is 1. The second-order valence-corrected chi connectivity index (χ2v) is 7.17. The number of amides is 1. The third-order valence-electron chi connectivity index (χ3n) is 5.22. The maximum Gasteiger partial charge on any atom is 0.228 e. The lowest BCUT2D eigenvalue weighted by Crippen LogP contribution is -2.34. The van der Waals surface area contributed by atoms with Gasteiger partial charge < -0.3 is 9.80 Å². The van der Waals surface area contributed by atoms with Crippen LogP contribution in [0.25, 0.3) is 0 Å². The smallest absolute Gasteiger partial charge is 0.228 e. The molecule has 130 valence electrons. The molecule has 0 bridgehead atoms. The molecule has 0 aliphatic carbocycles. The van der Waals surface area contributed by atoms with Crippen molar-refractivity contribution >= 4 is 23.2 Å². The van der Waals surface area contributed by atoms with Crippen molar-refractivity contribution < 1.29 is 4.79 Å². The number of carbonyl (C=O) groups is 1. The molecular weight excluding hydrogens is 338 g/mol. The average Bonchev–Trinajstić information content (AvgIpc) is 3.27. The molecule has 4 heterocycles. The molecule has 1 saturated heterocycles. The molecule has 4 rings (SSSR count). The van der Waals surface area contributed by atoms with Crippen LogP contribution in [0.1, 0.15) is 28.9 Å². The molecule has 2 aliphatic heterocycles. The Balaban J connectivity index is 1.47. The van der Waals surface area contributed by atoms with Gasteiger partial charge in [0.1, 0.15) is 0 Å². The molecule has 25 heavy (non-hydrogen) atoms. The van der Waals surface area contributed by atoms with Gasteiger partial charge in [-0.3, -0.25) is 9.78 Å². The minimum Gasteiger partial charge on any atom is -0.369 e. The molecule has 0 radical (unpaired) electrons. The molecule has 0 spiro atoms. The number of nitrogens with zero attached hydrogens (tertiary/aromatic N) is 5. The number of hydrogen-bond donors (Lipinski definition) is 0. The molecule has 2 aliphatic rings. The van der Waals surface area contributed by atoms with Gasteiger partial charge in [-0.1, -0.05) is 11.6 Å². The summed E-state index contributed by atoms with van der Waals surface area (Å²) >= 11 is 6.32. The van der Waals surface area contributed by atoms with E-state index in [4.69, 9.17) is 11.6 Å². The zero-order valence-corrected chi connectivity index (χ0v) is 15.1. The molecule has 2 aromatic heterocycles. The SMILES string of the molecule is Cc1nc2c(c(C)c1Cl)CN(C(=O)[C@@H]1CCN(c3ccnnc3)C1)C2. The molecule has 1 atom stereocenters. The lowest BCUT2D eigenvalue weighted by Gasteiger charge is -2.21. The molecule has 7 heteroatoms. The first-order valence-electron chi connectivity index (χ1n) is 8.49. The van der Waals surface area contributed by atoms with Gasteiger partial charge in [0.2, 0.25) is 5.91 Å². The topological polar surface area (TPSA) is 62.2 Å². The molecule has 2 aromatic rings. The number of anilines is 1. The summed E-state index contributed by atoms with van der Waals surface area (Å²) < 4.78 is 0. The lowest BCUT2D eigenvalue weighted by atomic mass is 10.1. The number of fused-ring (bicyclic) bond motifs is 1. The summed E-state index contributed by atoms with van der Waals surface area (Å²) in [5.74, 6) is 0.218. The van der Waals surface area contributed by atoms with Crippen LogP contribution in [0.3, 0.4) is 0 Å². The van der Waals surface area contributed by atoms with E-state index in [1.54, 1.807) is 12.4 Å². The van der Waals surface area contributed by atoms with Crippen molar-refractivity contribution in [3.05, 3.63) is 46.0 Å². The highest BCUT2D eigenvalue weighted by molar-refractivity contribution is 6.32. The standard InChI is InChI=1S/C18H20ClN5O/c1-11-15-9-24(10-16(15)22-12(2)17(11)19)18(25)13-4-6-23(8-13)14-3-5-20-21-7-14/h3,5,7,13H,4,6,8-10H2,1-2H3/t13-/m1/s1. The van der Waals surface area contributed by atoms with E-state index in [1.807, 2.05) is 24.8 Å². The zero-order chi connectivity index (χ0) is 17.6. The van der Waals surface area contributed by atoms with Crippen LogP contribution >= 0.6 is 11.6 Å². The number of carbonyl (C=O) groups excluding carboxylic acids is 1. The van der Waals surface area contributed by atoms with E-state index < -0.39 is 0 Å². The first kappa shape index (κ1) is 16.3. The van der Waals surface area contributed by atoms with E-state index in [1.165, 1.54) is 0 Å². The van der Waals surface area contributed by atoms with Gasteiger partial charge in [-0.15, -0.1) is 0 Å². The van der Waals surface area contributed by atoms with Crippen molar-refractivity contribution in [1.82, 2.24) is 20.1 Å². The fourth-order valence-corrected chi connectivity index (χ4v) is 3.94. The first-order valence-corrected chi connectivity index (χ1v) is 8.87. The van der Waals surface area contributed by atoms with Gasteiger partial charge in [-0.2, -0.15) is 10.2 Å². The Labute approximate surface area is 151 Å².